The van der Waals surface area contributed by atoms with E-state index < -0.39 is 4.92 Å². The molecule has 1 aliphatic heterocycles. The van der Waals surface area contributed by atoms with E-state index in [4.69, 9.17) is 0 Å². The van der Waals surface area contributed by atoms with Gasteiger partial charge >= 0.3 is 0 Å². The highest BCUT2D eigenvalue weighted by Crippen LogP contribution is 2.36. The van der Waals surface area contributed by atoms with Crippen LogP contribution in [-0.2, 0) is 0 Å². The number of benzene rings is 1. The number of anilines is 1. The van der Waals surface area contributed by atoms with Crippen molar-refractivity contribution in [1.82, 2.24) is 0 Å². The van der Waals surface area contributed by atoms with Gasteiger partial charge in [0.05, 0.1) is 10.6 Å². The largest absolute Gasteiger partial charge is 0.381 e. The number of non-ortho nitro benzene ring substituents is 1. The molecular weight excluding hydrogens is 244 g/mol. The molecule has 19 heavy (non-hydrogen) atoms. The van der Waals surface area contributed by atoms with E-state index >= 15 is 0 Å². The number of nitro benzene ring substituents is 1. The number of fused-ring (bicyclic) bond motifs is 2. The molecule has 3 rings (SSSR count). The van der Waals surface area contributed by atoms with Gasteiger partial charge in [0.2, 0.25) is 0 Å². The zero-order valence-electron chi connectivity index (χ0n) is 10.6. The molecule has 1 fully saturated rings. The Balaban J connectivity index is 1.99. The van der Waals surface area contributed by atoms with Crippen LogP contribution in [0.2, 0.25) is 0 Å². The van der Waals surface area contributed by atoms with Crippen LogP contribution in [0.5, 0.6) is 0 Å². The fourth-order valence-electron chi connectivity index (χ4n) is 3.17. The van der Waals surface area contributed by atoms with E-state index in [1.165, 1.54) is 18.6 Å². The van der Waals surface area contributed by atoms with Crippen molar-refractivity contribution in [3.8, 4) is 0 Å². The Morgan fingerprint density at radius 2 is 2.00 bits per heavy atom. The van der Waals surface area contributed by atoms with E-state index in [-0.39, 0.29) is 23.4 Å². The number of rotatable bonds is 1. The molecule has 0 aromatic heterocycles. The molecule has 0 bridgehead atoms. The molecule has 0 saturated heterocycles. The minimum absolute atomic E-state index is 0.0334. The molecule has 5 nitrogen and oxygen atoms in total. The van der Waals surface area contributed by atoms with Gasteiger partial charge in [-0.15, -0.1) is 0 Å². The lowest BCUT2D eigenvalue weighted by Gasteiger charge is -2.32. The van der Waals surface area contributed by atoms with Crippen LogP contribution in [0.15, 0.2) is 18.2 Å². The molecule has 1 aromatic carbocycles. The molecule has 2 atom stereocenters. The van der Waals surface area contributed by atoms with Crippen LogP contribution in [0.4, 0.5) is 11.4 Å². The molecule has 0 amide bonds. The van der Waals surface area contributed by atoms with E-state index in [0.29, 0.717) is 11.3 Å². The third-order valence-corrected chi connectivity index (χ3v) is 4.17. The van der Waals surface area contributed by atoms with Gasteiger partial charge in [-0.1, -0.05) is 19.3 Å². The monoisotopic (exact) mass is 260 g/mol. The number of nitrogens with zero attached hydrogens (tertiary/aromatic N) is 1. The summed E-state index contributed by atoms with van der Waals surface area (Å²) >= 11 is 0. The molecule has 1 aromatic rings. The first-order valence-electron chi connectivity index (χ1n) is 6.76. The summed E-state index contributed by atoms with van der Waals surface area (Å²) in [5.41, 5.74) is 1.27. The van der Waals surface area contributed by atoms with Gasteiger partial charge in [0.1, 0.15) is 0 Å². The van der Waals surface area contributed by atoms with Gasteiger partial charge in [0.25, 0.3) is 5.69 Å². The SMILES string of the molecule is O=C1c2ccc([N+](=O)[O-])cc2N[C@@H]2CCCCC[C@H]12. The van der Waals surface area contributed by atoms with Crippen molar-refractivity contribution in [3.63, 3.8) is 0 Å². The molecule has 100 valence electrons. The van der Waals surface area contributed by atoms with Crippen molar-refractivity contribution in [2.75, 3.05) is 5.32 Å². The Morgan fingerprint density at radius 1 is 1.21 bits per heavy atom. The maximum Gasteiger partial charge on any atom is 0.271 e. The Bertz CT molecular complexity index is 541. The zero-order chi connectivity index (χ0) is 13.4. The normalized spacial score (nSPS) is 25.8. The molecule has 0 spiro atoms. The van der Waals surface area contributed by atoms with Crippen LogP contribution in [-0.4, -0.2) is 16.7 Å². The van der Waals surface area contributed by atoms with Crippen molar-refractivity contribution in [2.24, 2.45) is 5.92 Å². The summed E-state index contributed by atoms with van der Waals surface area (Å²) in [5, 5.41) is 14.1. The molecule has 1 aliphatic carbocycles. The first-order valence-corrected chi connectivity index (χ1v) is 6.76. The second-order valence-corrected chi connectivity index (χ2v) is 5.35. The Labute approximate surface area is 111 Å². The first kappa shape index (κ1) is 12.1. The number of carbonyl (C=O) groups is 1. The lowest BCUT2D eigenvalue weighted by Crippen LogP contribution is -2.38. The summed E-state index contributed by atoms with van der Waals surface area (Å²) in [4.78, 5) is 22.8. The van der Waals surface area contributed by atoms with Gasteiger partial charge in [-0.05, 0) is 18.9 Å². The van der Waals surface area contributed by atoms with Crippen molar-refractivity contribution in [2.45, 2.75) is 38.1 Å². The summed E-state index contributed by atoms with van der Waals surface area (Å²) in [6, 6.07) is 4.62. The fraction of sp³-hybridized carbons (Fsp3) is 0.500. The lowest BCUT2D eigenvalue weighted by atomic mass is 9.83. The molecule has 2 aliphatic rings. The Hall–Kier alpha value is -1.91. The molecule has 5 heteroatoms. The molecule has 1 N–H and O–H groups in total. The number of Topliss-reactive ketones (excluding diaryl/α,β-unsaturated/α-hetero) is 1. The highest BCUT2D eigenvalue weighted by atomic mass is 16.6. The predicted molar refractivity (Wildman–Crippen MR) is 71.4 cm³/mol. The molecule has 0 radical (unpaired) electrons. The number of nitrogens with one attached hydrogen (secondary N) is 1. The minimum atomic E-state index is -0.425. The Morgan fingerprint density at radius 3 is 2.79 bits per heavy atom. The van der Waals surface area contributed by atoms with E-state index in [9.17, 15) is 14.9 Å². The van der Waals surface area contributed by atoms with Crippen LogP contribution in [0.25, 0.3) is 0 Å². The first-order chi connectivity index (χ1) is 9.16. The minimum Gasteiger partial charge on any atom is -0.381 e. The quantitative estimate of drug-likeness (QED) is 0.622. The second-order valence-electron chi connectivity index (χ2n) is 5.35. The van der Waals surface area contributed by atoms with Crippen LogP contribution in [0.1, 0.15) is 42.5 Å². The number of nitro groups is 1. The van der Waals surface area contributed by atoms with E-state index in [1.54, 1.807) is 6.07 Å². The third kappa shape index (κ3) is 2.09. The summed E-state index contributed by atoms with van der Waals surface area (Å²) < 4.78 is 0. The van der Waals surface area contributed by atoms with Crippen LogP contribution in [0, 0.1) is 16.0 Å². The zero-order valence-corrected chi connectivity index (χ0v) is 10.6. The smallest absolute Gasteiger partial charge is 0.271 e. The van der Waals surface area contributed by atoms with Gasteiger partial charge in [0, 0.05) is 29.7 Å². The number of hydrogen-bond donors (Lipinski definition) is 1. The number of carbonyl (C=O) groups excluding carboxylic acids is 1. The van der Waals surface area contributed by atoms with E-state index in [1.807, 2.05) is 0 Å². The number of ketones is 1. The second kappa shape index (κ2) is 4.64. The van der Waals surface area contributed by atoms with Gasteiger partial charge in [-0.2, -0.15) is 0 Å². The molecule has 1 heterocycles. The van der Waals surface area contributed by atoms with Crippen molar-refractivity contribution in [3.05, 3.63) is 33.9 Å². The van der Waals surface area contributed by atoms with Crippen LogP contribution >= 0.6 is 0 Å². The standard InChI is InChI=1S/C14H16N2O3/c17-14-10-4-2-1-3-5-12(10)15-13-8-9(16(18)19)6-7-11(13)14/h6-8,10,12,15H,1-5H2/t10-,12+/m0/s1. The van der Waals surface area contributed by atoms with Gasteiger partial charge in [-0.25, -0.2) is 0 Å². The average molecular weight is 260 g/mol. The third-order valence-electron chi connectivity index (χ3n) is 4.17. The fourth-order valence-corrected chi connectivity index (χ4v) is 3.17. The van der Waals surface area contributed by atoms with Gasteiger partial charge in [-0.3, -0.25) is 14.9 Å². The summed E-state index contributed by atoms with van der Waals surface area (Å²) in [5.74, 6) is 0.187. The van der Waals surface area contributed by atoms with Gasteiger partial charge in [0.15, 0.2) is 5.78 Å². The highest BCUT2D eigenvalue weighted by Gasteiger charge is 2.36. The van der Waals surface area contributed by atoms with Crippen molar-refractivity contribution < 1.29 is 9.72 Å². The summed E-state index contributed by atoms with van der Waals surface area (Å²) in [7, 11) is 0. The maximum atomic E-state index is 12.5. The highest BCUT2D eigenvalue weighted by molar-refractivity contribution is 6.05. The van der Waals surface area contributed by atoms with Crippen LogP contribution in [0.3, 0.4) is 0 Å². The number of hydrogen-bond acceptors (Lipinski definition) is 4. The van der Waals surface area contributed by atoms with E-state index in [2.05, 4.69) is 5.32 Å². The van der Waals surface area contributed by atoms with Crippen molar-refractivity contribution in [1.29, 1.82) is 0 Å². The van der Waals surface area contributed by atoms with Crippen LogP contribution < -0.4 is 5.32 Å². The van der Waals surface area contributed by atoms with Crippen molar-refractivity contribution >= 4 is 17.2 Å². The van der Waals surface area contributed by atoms with E-state index in [0.717, 1.165) is 25.7 Å². The topological polar surface area (TPSA) is 72.2 Å². The average Bonchev–Trinajstić information content (AvgIpc) is 2.63. The van der Waals surface area contributed by atoms with Gasteiger partial charge < -0.3 is 5.32 Å². The molecule has 1 saturated carbocycles. The summed E-state index contributed by atoms with van der Waals surface area (Å²) in [6.07, 6.45) is 5.27. The lowest BCUT2D eigenvalue weighted by molar-refractivity contribution is -0.384. The molecule has 0 unspecified atom stereocenters. The summed E-state index contributed by atoms with van der Waals surface area (Å²) in [6.45, 7) is 0. The predicted octanol–water partition coefficient (Wildman–Crippen LogP) is 3.15. The maximum absolute atomic E-state index is 12.5. The Kier molecular flexibility index (Phi) is 2.97. The molecular formula is C14H16N2O3.